The third-order valence-electron chi connectivity index (χ3n) is 9.95. The van der Waals surface area contributed by atoms with E-state index in [1.54, 1.807) is 0 Å². The fourth-order valence-corrected chi connectivity index (χ4v) is 7.86. The predicted octanol–water partition coefficient (Wildman–Crippen LogP) is 6.53. The van der Waals surface area contributed by atoms with Crippen molar-refractivity contribution in [3.8, 4) is 0 Å². The molecule has 1 saturated heterocycles. The molecule has 2 N–H and O–H groups in total. The molecular weight excluding hydrogens is 657 g/mol. The van der Waals surface area contributed by atoms with Crippen molar-refractivity contribution in [2.24, 2.45) is 11.8 Å². The van der Waals surface area contributed by atoms with Gasteiger partial charge in [-0.1, -0.05) is 59.6 Å². The van der Waals surface area contributed by atoms with E-state index in [2.05, 4.69) is 15.2 Å². The lowest BCUT2D eigenvalue weighted by atomic mass is 9.90. The summed E-state index contributed by atoms with van der Waals surface area (Å²) in [5, 5.41) is 5.46. The number of amides is 3. The summed E-state index contributed by atoms with van der Waals surface area (Å²) in [6.45, 7) is 2.74. The van der Waals surface area contributed by atoms with Crippen LogP contribution in [0, 0.1) is 11.8 Å². The highest BCUT2D eigenvalue weighted by Gasteiger charge is 2.34. The molecule has 0 radical (unpaired) electrons. The number of nitrogens with zero attached hydrogens (tertiary/aromatic N) is 3. The van der Waals surface area contributed by atoms with Gasteiger partial charge in [-0.3, -0.25) is 14.4 Å². The van der Waals surface area contributed by atoms with E-state index < -0.39 is 6.04 Å². The Bertz CT molecular complexity index is 1800. The van der Waals surface area contributed by atoms with Crippen molar-refractivity contribution in [2.45, 2.75) is 51.0 Å². The van der Waals surface area contributed by atoms with Gasteiger partial charge >= 0.3 is 0 Å². The number of carbonyl (C=O) groups is 3. The second kappa shape index (κ2) is 15.8. The lowest BCUT2D eigenvalue weighted by molar-refractivity contribution is -0.132. The Morgan fingerprint density at radius 2 is 1.71 bits per heavy atom. The highest BCUT2D eigenvalue weighted by molar-refractivity contribution is 6.31. The maximum Gasteiger partial charge on any atom is 0.249 e. The Hall–Kier alpha value is -3.85. The molecule has 2 atom stereocenters. The summed E-state index contributed by atoms with van der Waals surface area (Å²) in [6, 6.07) is 20.5. The van der Waals surface area contributed by atoms with E-state index in [0.717, 1.165) is 59.1 Å². The number of halogens is 2. The molecule has 2 aliphatic heterocycles. The van der Waals surface area contributed by atoms with E-state index in [0.29, 0.717) is 61.3 Å². The number of piperidine rings is 1. The molecule has 3 heterocycles. The van der Waals surface area contributed by atoms with E-state index in [1.807, 2.05) is 96.8 Å². The third-order valence-corrected chi connectivity index (χ3v) is 10.6. The van der Waals surface area contributed by atoms with Crippen molar-refractivity contribution < 1.29 is 14.4 Å². The average molecular weight is 703 g/mol. The number of aromatic nitrogens is 1. The van der Waals surface area contributed by atoms with Gasteiger partial charge in [0, 0.05) is 71.9 Å². The molecule has 6 rings (SSSR count). The second-order valence-corrected chi connectivity index (χ2v) is 14.7. The lowest BCUT2D eigenvalue weighted by Gasteiger charge is -2.37. The van der Waals surface area contributed by atoms with Gasteiger partial charge in [0.05, 0.1) is 6.42 Å². The molecule has 8 nitrogen and oxygen atoms in total. The van der Waals surface area contributed by atoms with Gasteiger partial charge in [-0.05, 0) is 98.6 Å². The number of hydrogen-bond donors (Lipinski definition) is 2. The van der Waals surface area contributed by atoms with Crippen molar-refractivity contribution in [3.05, 3.63) is 99.7 Å². The van der Waals surface area contributed by atoms with Gasteiger partial charge in [-0.2, -0.15) is 0 Å². The van der Waals surface area contributed by atoms with Crippen LogP contribution in [0.5, 0.6) is 0 Å². The van der Waals surface area contributed by atoms with Gasteiger partial charge in [-0.25, -0.2) is 0 Å². The first kappa shape index (κ1) is 35.0. The molecule has 49 heavy (non-hydrogen) atoms. The minimum atomic E-state index is -0.738. The van der Waals surface area contributed by atoms with Gasteiger partial charge in [0.15, 0.2) is 0 Å². The number of carbonyl (C=O) groups excluding carboxylic acids is 3. The van der Waals surface area contributed by atoms with Crippen LogP contribution in [0.25, 0.3) is 10.9 Å². The number of nitrogens with one attached hydrogen (secondary N) is 2. The van der Waals surface area contributed by atoms with Crippen molar-refractivity contribution in [1.29, 1.82) is 0 Å². The Kier molecular flexibility index (Phi) is 11.3. The Balaban J connectivity index is 1.12. The summed E-state index contributed by atoms with van der Waals surface area (Å²) in [5.41, 5.74) is 4.73. The maximum absolute atomic E-state index is 14.5. The van der Waals surface area contributed by atoms with E-state index >= 15 is 0 Å². The summed E-state index contributed by atoms with van der Waals surface area (Å²) >= 11 is 12.7. The average Bonchev–Trinajstić information content (AvgIpc) is 3.49. The zero-order chi connectivity index (χ0) is 34.5. The minimum Gasteiger partial charge on any atom is -0.361 e. The standard InChI is InChI=1S/C39H45Cl2N5O3/c1-44(2)24-27-19-29-20-31(40)12-13-36(29)46(25-27)39(49)35(21-30-23-42-34-10-6-4-8-32(30)34)43-37(47)14-11-26-15-17-45(18-16-26)38(48)22-28-7-3-5-9-33(28)41/h3-10,12-13,20,23,26-27,35,42H,11,14-19,21-22,24-25H2,1-2H3,(H,43,47)/t27-,35-/m1/s1. The van der Waals surface area contributed by atoms with Crippen LogP contribution in [-0.2, 0) is 33.6 Å². The van der Waals surface area contributed by atoms with Crippen LogP contribution >= 0.6 is 23.2 Å². The first-order valence-electron chi connectivity index (χ1n) is 17.2. The molecule has 0 bridgehead atoms. The molecule has 4 aromatic rings. The van der Waals surface area contributed by atoms with Gasteiger partial charge < -0.3 is 25.0 Å². The summed E-state index contributed by atoms with van der Waals surface area (Å²) in [6.07, 6.45) is 6.17. The number of fused-ring (bicyclic) bond motifs is 2. The quantitative estimate of drug-likeness (QED) is 0.186. The molecule has 0 aliphatic carbocycles. The minimum absolute atomic E-state index is 0.0808. The second-order valence-electron chi connectivity index (χ2n) is 13.9. The van der Waals surface area contributed by atoms with Crippen molar-refractivity contribution in [1.82, 2.24) is 20.1 Å². The largest absolute Gasteiger partial charge is 0.361 e. The van der Waals surface area contributed by atoms with Crippen LogP contribution in [0.3, 0.4) is 0 Å². The first-order chi connectivity index (χ1) is 23.6. The molecule has 258 valence electrons. The summed E-state index contributed by atoms with van der Waals surface area (Å²) in [7, 11) is 4.09. The molecule has 1 aromatic heterocycles. The number of H-pyrrole nitrogens is 1. The topological polar surface area (TPSA) is 88.8 Å². The number of para-hydroxylation sites is 1. The van der Waals surface area contributed by atoms with Gasteiger partial charge in [-0.15, -0.1) is 0 Å². The van der Waals surface area contributed by atoms with Crippen LogP contribution in [0.1, 0.15) is 42.4 Å². The van der Waals surface area contributed by atoms with Crippen LogP contribution in [-0.4, -0.2) is 78.8 Å². The SMILES string of the molecule is CN(C)C[C@H]1Cc2cc(Cl)ccc2N(C(=O)[C@@H](Cc2c[nH]c3ccccc23)NC(=O)CCC2CCN(C(=O)Cc3ccccc3Cl)CC2)C1. The fourth-order valence-electron chi connectivity index (χ4n) is 7.46. The fraction of sp³-hybridized carbons (Fsp3) is 0.410. The summed E-state index contributed by atoms with van der Waals surface area (Å²) < 4.78 is 0. The zero-order valence-corrected chi connectivity index (χ0v) is 29.8. The monoisotopic (exact) mass is 701 g/mol. The number of hydrogen-bond acceptors (Lipinski definition) is 4. The highest BCUT2D eigenvalue weighted by atomic mass is 35.5. The lowest BCUT2D eigenvalue weighted by Crippen LogP contribution is -2.53. The number of anilines is 1. The summed E-state index contributed by atoms with van der Waals surface area (Å²) in [5.74, 6) is 0.405. The van der Waals surface area contributed by atoms with Crippen LogP contribution in [0.2, 0.25) is 10.0 Å². The third kappa shape index (κ3) is 8.66. The van der Waals surface area contributed by atoms with Crippen LogP contribution < -0.4 is 10.2 Å². The number of likely N-dealkylation sites (tertiary alicyclic amines) is 1. The van der Waals surface area contributed by atoms with E-state index in [4.69, 9.17) is 23.2 Å². The molecule has 3 amide bonds. The zero-order valence-electron chi connectivity index (χ0n) is 28.3. The Labute approximate surface area is 298 Å². The number of benzene rings is 3. The number of aromatic amines is 1. The molecule has 10 heteroatoms. The van der Waals surface area contributed by atoms with Crippen LogP contribution in [0.4, 0.5) is 5.69 Å². The Morgan fingerprint density at radius 3 is 2.49 bits per heavy atom. The maximum atomic E-state index is 14.5. The van der Waals surface area contributed by atoms with E-state index in [1.165, 1.54) is 0 Å². The van der Waals surface area contributed by atoms with Crippen LogP contribution in [0.15, 0.2) is 72.9 Å². The first-order valence-corrected chi connectivity index (χ1v) is 18.0. The molecule has 2 aliphatic rings. The summed E-state index contributed by atoms with van der Waals surface area (Å²) in [4.78, 5) is 50.3. The Morgan fingerprint density at radius 1 is 0.959 bits per heavy atom. The van der Waals surface area contributed by atoms with Gasteiger partial charge in [0.1, 0.15) is 6.04 Å². The van der Waals surface area contributed by atoms with Crippen molar-refractivity contribution in [3.63, 3.8) is 0 Å². The smallest absolute Gasteiger partial charge is 0.249 e. The highest BCUT2D eigenvalue weighted by Crippen LogP contribution is 2.33. The van der Waals surface area contributed by atoms with E-state index in [9.17, 15) is 14.4 Å². The molecule has 3 aromatic carbocycles. The molecule has 0 unspecified atom stereocenters. The van der Waals surface area contributed by atoms with Crippen molar-refractivity contribution >= 4 is 57.5 Å². The van der Waals surface area contributed by atoms with Gasteiger partial charge in [0.25, 0.3) is 0 Å². The molecule has 1 fully saturated rings. The molecule has 0 spiro atoms. The predicted molar refractivity (Wildman–Crippen MR) is 197 cm³/mol. The molecule has 0 saturated carbocycles. The van der Waals surface area contributed by atoms with E-state index in [-0.39, 0.29) is 23.6 Å². The molecular formula is C39H45Cl2N5O3. The normalized spacial score (nSPS) is 17.3. The number of rotatable bonds is 11. The van der Waals surface area contributed by atoms with Crippen molar-refractivity contribution in [2.75, 3.05) is 45.2 Å². The van der Waals surface area contributed by atoms with Gasteiger partial charge in [0.2, 0.25) is 17.7 Å².